The van der Waals surface area contributed by atoms with E-state index in [-0.39, 0.29) is 25.2 Å². The Morgan fingerprint density at radius 1 is 1.50 bits per heavy atom. The molecule has 1 fully saturated rings. The molecule has 1 N–H and O–H groups in total. The Balaban J connectivity index is 1.94. The normalized spacial score (nSPS) is 16.6. The third kappa shape index (κ3) is 4.26. The molecule has 2 nitrogen and oxygen atoms in total. The molecule has 0 aromatic rings. The molecule has 0 aliphatic heterocycles. The number of rotatable bonds is 5. The van der Waals surface area contributed by atoms with Gasteiger partial charge in [0.05, 0.1) is 0 Å². The molecule has 0 aromatic heterocycles. The van der Waals surface area contributed by atoms with Crippen LogP contribution in [0, 0.1) is 0 Å². The Morgan fingerprint density at radius 3 is 2.67 bits per heavy atom. The molecule has 0 atom stereocenters. The molecule has 0 heterocycles. The summed E-state index contributed by atoms with van der Waals surface area (Å²) in [5, 5.41) is 2.74. The zero-order valence-corrected chi connectivity index (χ0v) is 6.85. The van der Waals surface area contributed by atoms with Crippen LogP contribution < -0.4 is 5.32 Å². The van der Waals surface area contributed by atoms with Gasteiger partial charge in [0, 0.05) is 18.9 Å². The molecule has 1 rings (SSSR count). The maximum Gasteiger partial charge on any atom is 0.238 e. The van der Waals surface area contributed by atoms with Crippen LogP contribution in [0.4, 0.5) is 8.78 Å². The van der Waals surface area contributed by atoms with Crippen molar-refractivity contribution in [1.29, 1.82) is 0 Å². The molecule has 0 saturated heterocycles. The summed E-state index contributed by atoms with van der Waals surface area (Å²) >= 11 is 0. The number of nitrogens with one attached hydrogen (secondary N) is 1. The molecule has 0 aromatic carbocycles. The summed E-state index contributed by atoms with van der Waals surface area (Å²) < 4.78 is 23.3. The zero-order valence-electron chi connectivity index (χ0n) is 6.85. The van der Waals surface area contributed by atoms with Crippen LogP contribution in [0.1, 0.15) is 32.1 Å². The van der Waals surface area contributed by atoms with Crippen molar-refractivity contribution >= 4 is 5.91 Å². The number of carbonyl (C=O) groups is 1. The molecule has 70 valence electrons. The molecular formula is C8H13F2NO. The van der Waals surface area contributed by atoms with E-state index in [9.17, 15) is 13.6 Å². The SMILES string of the molecule is O=C(CCCC(F)F)NC1CC1. The van der Waals surface area contributed by atoms with Crippen molar-refractivity contribution in [3.63, 3.8) is 0 Å². The summed E-state index contributed by atoms with van der Waals surface area (Å²) in [6.07, 6.45) is 0.162. The van der Waals surface area contributed by atoms with Gasteiger partial charge in [0.15, 0.2) is 0 Å². The minimum absolute atomic E-state index is 0.0850. The summed E-state index contributed by atoms with van der Waals surface area (Å²) in [6, 6.07) is 0.337. The lowest BCUT2D eigenvalue weighted by molar-refractivity contribution is -0.121. The van der Waals surface area contributed by atoms with Gasteiger partial charge in [0.2, 0.25) is 12.3 Å². The van der Waals surface area contributed by atoms with E-state index in [2.05, 4.69) is 5.32 Å². The topological polar surface area (TPSA) is 29.1 Å². The van der Waals surface area contributed by atoms with E-state index in [1.165, 1.54) is 0 Å². The molecule has 0 spiro atoms. The van der Waals surface area contributed by atoms with Gasteiger partial charge in [-0.05, 0) is 19.3 Å². The minimum atomic E-state index is -2.28. The summed E-state index contributed by atoms with van der Waals surface area (Å²) in [5.41, 5.74) is 0. The van der Waals surface area contributed by atoms with Crippen molar-refractivity contribution in [1.82, 2.24) is 5.32 Å². The monoisotopic (exact) mass is 177 g/mol. The van der Waals surface area contributed by atoms with E-state index >= 15 is 0 Å². The van der Waals surface area contributed by atoms with E-state index in [0.717, 1.165) is 12.8 Å². The van der Waals surface area contributed by atoms with Gasteiger partial charge < -0.3 is 5.32 Å². The largest absolute Gasteiger partial charge is 0.353 e. The van der Waals surface area contributed by atoms with E-state index in [1.807, 2.05) is 0 Å². The molecule has 4 heteroatoms. The quantitative estimate of drug-likeness (QED) is 0.680. The highest BCUT2D eigenvalue weighted by atomic mass is 19.3. The van der Waals surface area contributed by atoms with Gasteiger partial charge in [-0.25, -0.2) is 8.78 Å². The first-order valence-electron chi connectivity index (χ1n) is 4.26. The van der Waals surface area contributed by atoms with Crippen LogP contribution in [0.5, 0.6) is 0 Å². The molecule has 0 radical (unpaired) electrons. The van der Waals surface area contributed by atoms with E-state index in [4.69, 9.17) is 0 Å². The molecule has 12 heavy (non-hydrogen) atoms. The van der Waals surface area contributed by atoms with Crippen molar-refractivity contribution in [3.8, 4) is 0 Å². The molecule has 1 saturated carbocycles. The molecule has 1 aliphatic carbocycles. The van der Waals surface area contributed by atoms with Crippen molar-refractivity contribution in [2.24, 2.45) is 0 Å². The Hall–Kier alpha value is -0.670. The van der Waals surface area contributed by atoms with Gasteiger partial charge in [-0.1, -0.05) is 0 Å². The number of alkyl halides is 2. The predicted octanol–water partition coefficient (Wildman–Crippen LogP) is 1.70. The number of hydrogen-bond acceptors (Lipinski definition) is 1. The first kappa shape index (κ1) is 9.42. The fourth-order valence-corrected chi connectivity index (χ4v) is 0.944. The van der Waals surface area contributed by atoms with Crippen LogP contribution in [0.15, 0.2) is 0 Å². The summed E-state index contributed by atoms with van der Waals surface area (Å²) in [7, 11) is 0. The van der Waals surface area contributed by atoms with Crippen LogP contribution in [0.3, 0.4) is 0 Å². The molecular weight excluding hydrogens is 164 g/mol. The minimum Gasteiger partial charge on any atom is -0.353 e. The number of hydrogen-bond donors (Lipinski definition) is 1. The van der Waals surface area contributed by atoms with Crippen molar-refractivity contribution in [3.05, 3.63) is 0 Å². The molecule has 0 unspecified atom stereocenters. The van der Waals surface area contributed by atoms with Crippen LogP contribution in [-0.2, 0) is 4.79 Å². The molecule has 0 bridgehead atoms. The smallest absolute Gasteiger partial charge is 0.238 e. The van der Waals surface area contributed by atoms with Crippen molar-refractivity contribution < 1.29 is 13.6 Å². The van der Waals surface area contributed by atoms with Crippen molar-refractivity contribution in [2.75, 3.05) is 0 Å². The number of halogens is 2. The van der Waals surface area contributed by atoms with Crippen LogP contribution in [0.2, 0.25) is 0 Å². The molecule has 1 amide bonds. The van der Waals surface area contributed by atoms with E-state index < -0.39 is 6.43 Å². The zero-order chi connectivity index (χ0) is 8.97. The Bertz CT molecular complexity index is 157. The van der Waals surface area contributed by atoms with Gasteiger partial charge in [-0.3, -0.25) is 4.79 Å². The first-order valence-corrected chi connectivity index (χ1v) is 4.26. The Kier molecular flexibility index (Phi) is 3.44. The van der Waals surface area contributed by atoms with Gasteiger partial charge in [-0.15, -0.1) is 0 Å². The van der Waals surface area contributed by atoms with E-state index in [0.29, 0.717) is 6.04 Å². The second-order valence-corrected chi connectivity index (χ2v) is 3.13. The highest BCUT2D eigenvalue weighted by molar-refractivity contribution is 5.76. The lowest BCUT2D eigenvalue weighted by atomic mass is 10.2. The van der Waals surface area contributed by atoms with Gasteiger partial charge in [0.1, 0.15) is 0 Å². The van der Waals surface area contributed by atoms with Crippen LogP contribution in [0.25, 0.3) is 0 Å². The highest BCUT2D eigenvalue weighted by Crippen LogP contribution is 2.18. The summed E-state index contributed by atoms with van der Waals surface area (Å²) in [5.74, 6) is -0.0850. The van der Waals surface area contributed by atoms with Gasteiger partial charge in [0.25, 0.3) is 0 Å². The third-order valence-electron chi connectivity index (χ3n) is 1.77. The standard InChI is InChI=1S/C8H13F2NO/c9-7(10)2-1-3-8(12)11-6-4-5-6/h6-7H,1-5H2,(H,11,12). The lowest BCUT2D eigenvalue weighted by Gasteiger charge is -2.01. The van der Waals surface area contributed by atoms with Crippen LogP contribution in [-0.4, -0.2) is 18.4 Å². The van der Waals surface area contributed by atoms with Gasteiger partial charge >= 0.3 is 0 Å². The van der Waals surface area contributed by atoms with Gasteiger partial charge in [-0.2, -0.15) is 0 Å². The third-order valence-corrected chi connectivity index (χ3v) is 1.77. The average Bonchev–Trinajstić information content (AvgIpc) is 2.70. The number of carbonyl (C=O) groups excluding carboxylic acids is 1. The van der Waals surface area contributed by atoms with Crippen molar-refractivity contribution in [2.45, 2.75) is 44.6 Å². The first-order chi connectivity index (χ1) is 5.68. The average molecular weight is 177 g/mol. The second kappa shape index (κ2) is 4.38. The fourth-order valence-electron chi connectivity index (χ4n) is 0.944. The second-order valence-electron chi connectivity index (χ2n) is 3.13. The van der Waals surface area contributed by atoms with E-state index in [1.54, 1.807) is 0 Å². The molecule has 1 aliphatic rings. The van der Waals surface area contributed by atoms with Crippen LogP contribution >= 0.6 is 0 Å². The predicted molar refractivity (Wildman–Crippen MR) is 41.0 cm³/mol. The summed E-state index contributed by atoms with van der Waals surface area (Å²) in [6.45, 7) is 0. The lowest BCUT2D eigenvalue weighted by Crippen LogP contribution is -2.24. The highest BCUT2D eigenvalue weighted by Gasteiger charge is 2.22. The Labute approximate surface area is 70.3 Å². The Morgan fingerprint density at radius 2 is 2.17 bits per heavy atom. The summed E-state index contributed by atoms with van der Waals surface area (Å²) in [4.78, 5) is 10.9. The number of amides is 1. The maximum atomic E-state index is 11.6. The fraction of sp³-hybridized carbons (Fsp3) is 0.875. The maximum absolute atomic E-state index is 11.6.